The van der Waals surface area contributed by atoms with Gasteiger partial charge in [0.1, 0.15) is 0 Å². The first-order valence-corrected chi connectivity index (χ1v) is 9.58. The topological polar surface area (TPSA) is 47.9 Å². The van der Waals surface area contributed by atoms with E-state index < -0.39 is 11.7 Å². The number of halogens is 3. The van der Waals surface area contributed by atoms with E-state index in [2.05, 4.69) is 22.7 Å². The van der Waals surface area contributed by atoms with Gasteiger partial charge in [0.15, 0.2) is 0 Å². The zero-order chi connectivity index (χ0) is 20.4. The second-order valence-electron chi connectivity index (χ2n) is 7.18. The van der Waals surface area contributed by atoms with Gasteiger partial charge in [-0.2, -0.15) is 18.4 Å². The highest BCUT2D eigenvalue weighted by Crippen LogP contribution is 2.41. The van der Waals surface area contributed by atoms with Gasteiger partial charge in [0, 0.05) is 22.2 Å². The van der Waals surface area contributed by atoms with Crippen molar-refractivity contribution in [3.05, 3.63) is 66.2 Å². The van der Waals surface area contributed by atoms with E-state index in [-0.39, 0.29) is 11.5 Å². The van der Waals surface area contributed by atoms with Gasteiger partial charge in [-0.25, -0.2) is 0 Å². The Hall–Kier alpha value is -2.59. The first-order chi connectivity index (χ1) is 13.2. The molecule has 1 saturated carbocycles. The average Bonchev–Trinajstić information content (AvgIpc) is 2.64. The lowest BCUT2D eigenvalue weighted by molar-refractivity contribution is -0.137. The normalized spacial score (nSPS) is 21.3. The lowest BCUT2D eigenvalue weighted by atomic mass is 9.68. The van der Waals surface area contributed by atoms with Gasteiger partial charge in [0.2, 0.25) is 0 Å². The van der Waals surface area contributed by atoms with Crippen LogP contribution < -0.4 is 10.0 Å². The van der Waals surface area contributed by atoms with Crippen molar-refractivity contribution in [2.45, 2.75) is 36.9 Å². The van der Waals surface area contributed by atoms with Crippen LogP contribution in [0.15, 0.2) is 60.0 Å². The van der Waals surface area contributed by atoms with E-state index in [0.717, 1.165) is 17.0 Å². The van der Waals surface area contributed by atoms with E-state index in [1.807, 2.05) is 37.3 Å². The predicted octanol–water partition coefficient (Wildman–Crippen LogP) is 6.08. The SMILES string of the molecule is C=C(NC1CC(C)(C#N)C1)c1ccc(C(F)(F)F)cc1NSc1ccccc1. The second-order valence-corrected chi connectivity index (χ2v) is 8.06. The molecule has 1 aliphatic carbocycles. The summed E-state index contributed by atoms with van der Waals surface area (Å²) >= 11 is 1.24. The minimum absolute atomic E-state index is 0.0917. The largest absolute Gasteiger partial charge is 0.416 e. The number of hydrogen-bond acceptors (Lipinski definition) is 4. The van der Waals surface area contributed by atoms with Crippen molar-refractivity contribution >= 4 is 23.3 Å². The van der Waals surface area contributed by atoms with E-state index in [9.17, 15) is 13.2 Å². The van der Waals surface area contributed by atoms with Crippen molar-refractivity contribution in [3.8, 4) is 6.07 Å². The summed E-state index contributed by atoms with van der Waals surface area (Å²) in [4.78, 5) is 0.883. The maximum Gasteiger partial charge on any atom is 0.416 e. The van der Waals surface area contributed by atoms with E-state index in [1.54, 1.807) is 0 Å². The highest BCUT2D eigenvalue weighted by molar-refractivity contribution is 8.00. The molecule has 28 heavy (non-hydrogen) atoms. The number of hydrogen-bond donors (Lipinski definition) is 2. The molecule has 0 unspecified atom stereocenters. The molecule has 0 spiro atoms. The first kappa shape index (κ1) is 20.2. The molecule has 0 radical (unpaired) electrons. The summed E-state index contributed by atoms with van der Waals surface area (Å²) in [6.07, 6.45) is -3.06. The van der Waals surface area contributed by atoms with Crippen molar-refractivity contribution in [1.82, 2.24) is 5.32 Å². The molecule has 0 amide bonds. The molecule has 2 aromatic rings. The summed E-state index contributed by atoms with van der Waals surface area (Å²) in [6, 6.07) is 15.3. The molecule has 0 aliphatic heterocycles. The van der Waals surface area contributed by atoms with Gasteiger partial charge in [-0.3, -0.25) is 0 Å². The molecule has 146 valence electrons. The summed E-state index contributed by atoms with van der Waals surface area (Å²) in [5, 5.41) is 12.4. The zero-order valence-electron chi connectivity index (χ0n) is 15.3. The molecule has 0 atom stereocenters. The molecule has 2 N–H and O–H groups in total. The Labute approximate surface area is 166 Å². The Morgan fingerprint density at radius 3 is 2.50 bits per heavy atom. The van der Waals surface area contributed by atoms with Gasteiger partial charge < -0.3 is 10.0 Å². The van der Waals surface area contributed by atoms with Crippen LogP contribution >= 0.6 is 11.9 Å². The molecule has 0 aromatic heterocycles. The van der Waals surface area contributed by atoms with E-state index in [1.165, 1.54) is 18.0 Å². The molecule has 1 aliphatic rings. The lowest BCUT2D eigenvalue weighted by Gasteiger charge is -2.41. The smallest absolute Gasteiger partial charge is 0.382 e. The van der Waals surface area contributed by atoms with Crippen molar-refractivity contribution in [3.63, 3.8) is 0 Å². The van der Waals surface area contributed by atoms with Gasteiger partial charge >= 0.3 is 6.18 Å². The van der Waals surface area contributed by atoms with E-state index in [0.29, 0.717) is 29.8 Å². The van der Waals surface area contributed by atoms with Gasteiger partial charge in [-0.15, -0.1) is 0 Å². The number of rotatable bonds is 6. The van der Waals surface area contributed by atoms with Gasteiger partial charge in [0.05, 0.1) is 22.7 Å². The van der Waals surface area contributed by atoms with Gasteiger partial charge in [-0.1, -0.05) is 30.8 Å². The zero-order valence-corrected chi connectivity index (χ0v) is 16.1. The van der Waals surface area contributed by atoms with Crippen molar-refractivity contribution in [1.29, 1.82) is 5.26 Å². The van der Waals surface area contributed by atoms with Crippen LogP contribution in [0.5, 0.6) is 0 Å². The lowest BCUT2D eigenvalue weighted by Crippen LogP contribution is -2.45. The monoisotopic (exact) mass is 403 g/mol. The standard InChI is InChI=1S/C21H20F3N3S/c1-14(26-16-11-20(2,12-16)13-25)18-9-8-15(21(22,23)24)10-19(18)27-28-17-6-4-3-5-7-17/h3-10,16,26-27H,1,11-12H2,2H3. The van der Waals surface area contributed by atoms with Crippen LogP contribution in [0.4, 0.5) is 18.9 Å². The van der Waals surface area contributed by atoms with Crippen LogP contribution in [0.2, 0.25) is 0 Å². The molecule has 0 bridgehead atoms. The number of nitrogens with one attached hydrogen (secondary N) is 2. The average molecular weight is 403 g/mol. The van der Waals surface area contributed by atoms with Crippen LogP contribution in [0.25, 0.3) is 5.70 Å². The molecular formula is C21H20F3N3S. The molecule has 3 nitrogen and oxygen atoms in total. The van der Waals surface area contributed by atoms with Crippen LogP contribution in [0.3, 0.4) is 0 Å². The molecule has 0 saturated heterocycles. The van der Waals surface area contributed by atoms with Crippen LogP contribution in [-0.4, -0.2) is 6.04 Å². The van der Waals surface area contributed by atoms with Crippen molar-refractivity contribution in [2.24, 2.45) is 5.41 Å². The molecule has 0 heterocycles. The third-order valence-electron chi connectivity index (χ3n) is 4.74. The van der Waals surface area contributed by atoms with Gasteiger partial charge in [-0.05, 0) is 56.0 Å². The van der Waals surface area contributed by atoms with Crippen LogP contribution in [0, 0.1) is 16.7 Å². The first-order valence-electron chi connectivity index (χ1n) is 8.76. The fraction of sp³-hybridized carbons (Fsp3) is 0.286. The summed E-state index contributed by atoms with van der Waals surface area (Å²) in [5.41, 5.74) is 0.379. The Morgan fingerprint density at radius 2 is 1.89 bits per heavy atom. The number of nitriles is 1. The third kappa shape index (κ3) is 4.63. The quantitative estimate of drug-likeness (QED) is 0.574. The fourth-order valence-electron chi connectivity index (χ4n) is 3.22. The Bertz CT molecular complexity index is 897. The highest BCUT2D eigenvalue weighted by atomic mass is 32.2. The number of benzene rings is 2. The highest BCUT2D eigenvalue weighted by Gasteiger charge is 2.40. The van der Waals surface area contributed by atoms with Crippen LogP contribution in [0.1, 0.15) is 30.9 Å². The summed E-state index contributed by atoms with van der Waals surface area (Å²) < 4.78 is 42.5. The van der Waals surface area contributed by atoms with Crippen LogP contribution in [-0.2, 0) is 6.18 Å². The summed E-state index contributed by atoms with van der Waals surface area (Å²) in [7, 11) is 0. The maximum absolute atomic E-state index is 13.2. The van der Waals surface area contributed by atoms with Crippen molar-refractivity contribution in [2.75, 3.05) is 4.72 Å². The second kappa shape index (κ2) is 7.80. The third-order valence-corrected chi connectivity index (χ3v) is 5.57. The Balaban J connectivity index is 1.79. The Morgan fingerprint density at radius 1 is 1.21 bits per heavy atom. The summed E-state index contributed by atoms with van der Waals surface area (Å²) in [6.45, 7) is 5.90. The predicted molar refractivity (Wildman–Crippen MR) is 106 cm³/mol. The fourth-order valence-corrected chi connectivity index (χ4v) is 3.91. The summed E-state index contributed by atoms with van der Waals surface area (Å²) in [5.74, 6) is 0. The van der Waals surface area contributed by atoms with E-state index >= 15 is 0 Å². The van der Waals surface area contributed by atoms with E-state index in [4.69, 9.17) is 5.26 Å². The molecule has 2 aromatic carbocycles. The van der Waals surface area contributed by atoms with Crippen molar-refractivity contribution < 1.29 is 13.2 Å². The Kier molecular flexibility index (Phi) is 5.61. The molecule has 1 fully saturated rings. The molecule has 3 rings (SSSR count). The molecular weight excluding hydrogens is 383 g/mol. The minimum Gasteiger partial charge on any atom is -0.382 e. The minimum atomic E-state index is -4.43. The number of anilines is 1. The van der Waals surface area contributed by atoms with Gasteiger partial charge in [0.25, 0.3) is 0 Å². The number of alkyl halides is 3. The number of nitrogens with zero attached hydrogens (tertiary/aromatic N) is 1. The molecule has 7 heteroatoms. The maximum atomic E-state index is 13.2.